The van der Waals surface area contributed by atoms with Gasteiger partial charge >= 0.3 is 6.09 Å². The molecule has 156 valence electrons. The fourth-order valence-corrected chi connectivity index (χ4v) is 3.78. The number of carbonyl (C=O) groups is 1. The molecule has 1 amide bonds. The van der Waals surface area contributed by atoms with Gasteiger partial charge in [0.25, 0.3) is 0 Å². The smallest absolute Gasteiger partial charge is 0.410 e. The molecule has 6 nitrogen and oxygen atoms in total. The Bertz CT molecular complexity index is 838. The molecule has 1 N–H and O–H groups in total. The molecule has 0 saturated carbocycles. The van der Waals surface area contributed by atoms with Crippen molar-refractivity contribution in [1.29, 1.82) is 0 Å². The third kappa shape index (κ3) is 6.30. The summed E-state index contributed by atoms with van der Waals surface area (Å²) in [4.78, 5) is 18.4. The van der Waals surface area contributed by atoms with Gasteiger partial charge in [-0.1, -0.05) is 6.07 Å². The number of carbonyl (C=O) groups excluding carboxylic acids is 1. The van der Waals surface area contributed by atoms with Gasteiger partial charge in [0.05, 0.1) is 19.2 Å². The SMILES string of the molecule is CC(C)(C)OC(=O)N(C[C@@H]1CCc2cc(I)ccc2O1)C[C@H](O)c1cccnc1. The highest BCUT2D eigenvalue weighted by Gasteiger charge is 2.29. The van der Waals surface area contributed by atoms with Crippen molar-refractivity contribution in [3.05, 3.63) is 57.4 Å². The summed E-state index contributed by atoms with van der Waals surface area (Å²) in [5.74, 6) is 0.860. The number of benzene rings is 1. The van der Waals surface area contributed by atoms with Gasteiger partial charge in [-0.05, 0) is 86.0 Å². The average molecular weight is 510 g/mol. The number of nitrogens with zero attached hydrogens (tertiary/aromatic N) is 2. The van der Waals surface area contributed by atoms with Crippen molar-refractivity contribution in [3.8, 4) is 5.75 Å². The third-order valence-corrected chi connectivity index (χ3v) is 5.26. The number of amides is 1. The molecule has 2 atom stereocenters. The first-order valence-electron chi connectivity index (χ1n) is 9.72. The van der Waals surface area contributed by atoms with E-state index < -0.39 is 17.8 Å². The molecule has 0 bridgehead atoms. The molecule has 3 rings (SSSR count). The average Bonchev–Trinajstić information content (AvgIpc) is 2.67. The number of pyridine rings is 1. The lowest BCUT2D eigenvalue weighted by molar-refractivity contribution is 0.00365. The van der Waals surface area contributed by atoms with Gasteiger partial charge in [-0.15, -0.1) is 0 Å². The maximum absolute atomic E-state index is 12.8. The summed E-state index contributed by atoms with van der Waals surface area (Å²) < 4.78 is 12.9. The lowest BCUT2D eigenvalue weighted by Gasteiger charge is -2.33. The second-order valence-electron chi connectivity index (χ2n) is 8.22. The topological polar surface area (TPSA) is 71.9 Å². The van der Waals surface area contributed by atoms with E-state index in [2.05, 4.69) is 33.6 Å². The van der Waals surface area contributed by atoms with Gasteiger partial charge < -0.3 is 19.5 Å². The van der Waals surface area contributed by atoms with E-state index in [4.69, 9.17) is 9.47 Å². The van der Waals surface area contributed by atoms with Crippen molar-refractivity contribution in [2.45, 2.75) is 51.4 Å². The first-order chi connectivity index (χ1) is 13.7. The summed E-state index contributed by atoms with van der Waals surface area (Å²) in [6.45, 7) is 5.94. The van der Waals surface area contributed by atoms with Crippen LogP contribution in [0.3, 0.4) is 0 Å². The maximum atomic E-state index is 12.8. The Morgan fingerprint density at radius 3 is 2.90 bits per heavy atom. The van der Waals surface area contributed by atoms with Crippen LogP contribution in [-0.4, -0.2) is 45.9 Å². The minimum absolute atomic E-state index is 0.111. The zero-order chi connectivity index (χ0) is 21.0. The molecule has 1 aromatic carbocycles. The van der Waals surface area contributed by atoms with E-state index in [1.54, 1.807) is 24.5 Å². The summed E-state index contributed by atoms with van der Waals surface area (Å²) >= 11 is 2.29. The fraction of sp³-hybridized carbons (Fsp3) is 0.455. The van der Waals surface area contributed by atoms with E-state index in [9.17, 15) is 9.90 Å². The number of hydrogen-bond acceptors (Lipinski definition) is 5. The molecule has 0 aliphatic carbocycles. The number of aryl methyl sites for hydroxylation is 1. The number of aliphatic hydroxyl groups excluding tert-OH is 1. The van der Waals surface area contributed by atoms with Crippen LogP contribution in [0.15, 0.2) is 42.7 Å². The number of fused-ring (bicyclic) bond motifs is 1. The summed E-state index contributed by atoms with van der Waals surface area (Å²) in [6, 6.07) is 9.67. The monoisotopic (exact) mass is 510 g/mol. The zero-order valence-electron chi connectivity index (χ0n) is 17.0. The lowest BCUT2D eigenvalue weighted by atomic mass is 10.0. The molecule has 0 fully saturated rings. The van der Waals surface area contributed by atoms with Gasteiger partial charge in [0.15, 0.2) is 0 Å². The van der Waals surface area contributed by atoms with Gasteiger partial charge in [-0.25, -0.2) is 4.79 Å². The molecular weight excluding hydrogens is 483 g/mol. The molecule has 0 radical (unpaired) electrons. The van der Waals surface area contributed by atoms with Gasteiger partial charge in [0, 0.05) is 21.5 Å². The van der Waals surface area contributed by atoms with Crippen molar-refractivity contribution in [3.63, 3.8) is 0 Å². The highest BCUT2D eigenvalue weighted by molar-refractivity contribution is 14.1. The van der Waals surface area contributed by atoms with Gasteiger partial charge in [0.2, 0.25) is 0 Å². The molecule has 1 aliphatic heterocycles. The van der Waals surface area contributed by atoms with E-state index in [1.807, 2.05) is 32.9 Å². The van der Waals surface area contributed by atoms with Gasteiger partial charge in [-0.3, -0.25) is 4.98 Å². The zero-order valence-corrected chi connectivity index (χ0v) is 19.1. The number of rotatable bonds is 5. The Hall–Kier alpha value is -1.87. The number of halogens is 1. The molecule has 7 heteroatoms. The van der Waals surface area contributed by atoms with Crippen LogP contribution in [0.2, 0.25) is 0 Å². The predicted octanol–water partition coefficient (Wildman–Crippen LogP) is 4.35. The van der Waals surface area contributed by atoms with Crippen LogP contribution in [0.25, 0.3) is 0 Å². The van der Waals surface area contributed by atoms with Crippen molar-refractivity contribution in [2.75, 3.05) is 13.1 Å². The lowest BCUT2D eigenvalue weighted by Crippen LogP contribution is -2.45. The minimum atomic E-state index is -0.853. The highest BCUT2D eigenvalue weighted by Crippen LogP contribution is 2.29. The first kappa shape index (κ1) is 21.8. The Morgan fingerprint density at radius 2 is 2.21 bits per heavy atom. The van der Waals surface area contributed by atoms with Crippen LogP contribution in [0.5, 0.6) is 5.75 Å². The van der Waals surface area contributed by atoms with Crippen LogP contribution in [0.4, 0.5) is 4.79 Å². The second kappa shape index (κ2) is 9.30. The molecule has 0 unspecified atom stereocenters. The quantitative estimate of drug-likeness (QED) is 0.606. The Morgan fingerprint density at radius 1 is 1.41 bits per heavy atom. The van der Waals surface area contributed by atoms with Crippen LogP contribution >= 0.6 is 22.6 Å². The van der Waals surface area contributed by atoms with E-state index in [1.165, 1.54) is 14.0 Å². The number of aliphatic hydroxyl groups is 1. The second-order valence-corrected chi connectivity index (χ2v) is 9.46. The van der Waals surface area contributed by atoms with E-state index in [0.717, 1.165) is 18.6 Å². The molecule has 0 spiro atoms. The highest BCUT2D eigenvalue weighted by atomic mass is 127. The van der Waals surface area contributed by atoms with E-state index in [-0.39, 0.29) is 12.6 Å². The largest absolute Gasteiger partial charge is 0.488 e. The van der Waals surface area contributed by atoms with Crippen LogP contribution in [0, 0.1) is 3.57 Å². The van der Waals surface area contributed by atoms with Crippen molar-refractivity contribution in [2.24, 2.45) is 0 Å². The number of ether oxygens (including phenoxy) is 2. The standard InChI is InChI=1S/C22H27IN2O4/c1-22(2,3)29-21(27)25(14-19(26)16-5-4-10-24-12-16)13-18-8-6-15-11-17(23)7-9-20(15)28-18/h4-5,7,9-12,18-19,26H,6,8,13-14H2,1-3H3/t18-,19-/m0/s1. The normalized spacial score (nSPS) is 17.1. The summed E-state index contributed by atoms with van der Waals surface area (Å²) in [6.07, 6.45) is 3.48. The first-order valence-corrected chi connectivity index (χ1v) is 10.8. The summed E-state index contributed by atoms with van der Waals surface area (Å²) in [5.41, 5.74) is 1.23. The molecule has 2 aromatic rings. The third-order valence-electron chi connectivity index (χ3n) is 4.59. The predicted molar refractivity (Wildman–Crippen MR) is 119 cm³/mol. The van der Waals surface area contributed by atoms with Crippen molar-refractivity contribution >= 4 is 28.7 Å². The molecule has 2 heterocycles. The summed E-state index contributed by atoms with van der Waals surface area (Å²) in [5, 5.41) is 10.6. The van der Waals surface area contributed by atoms with Gasteiger partial charge in [0.1, 0.15) is 17.5 Å². The van der Waals surface area contributed by atoms with Crippen LogP contribution < -0.4 is 4.74 Å². The molecule has 29 heavy (non-hydrogen) atoms. The number of aromatic nitrogens is 1. The Kier molecular flexibility index (Phi) is 7.00. The maximum Gasteiger partial charge on any atom is 0.410 e. The van der Waals surface area contributed by atoms with Gasteiger partial charge in [-0.2, -0.15) is 0 Å². The molecule has 0 saturated heterocycles. The van der Waals surface area contributed by atoms with Crippen LogP contribution in [0.1, 0.15) is 44.4 Å². The van der Waals surface area contributed by atoms with E-state index in [0.29, 0.717) is 12.1 Å². The molecule has 1 aliphatic rings. The Labute approximate surface area is 185 Å². The Balaban J connectivity index is 1.72. The molecular formula is C22H27IN2O4. The summed E-state index contributed by atoms with van der Waals surface area (Å²) in [7, 11) is 0. The fourth-order valence-electron chi connectivity index (χ4n) is 3.23. The van der Waals surface area contributed by atoms with E-state index >= 15 is 0 Å². The molecule has 1 aromatic heterocycles. The van der Waals surface area contributed by atoms with Crippen molar-refractivity contribution < 1.29 is 19.4 Å². The van der Waals surface area contributed by atoms with Crippen LogP contribution in [-0.2, 0) is 11.2 Å². The number of hydrogen-bond donors (Lipinski definition) is 1. The minimum Gasteiger partial charge on any atom is -0.488 e. The van der Waals surface area contributed by atoms with Crippen molar-refractivity contribution in [1.82, 2.24) is 9.88 Å².